The first-order valence-corrected chi connectivity index (χ1v) is 6.70. The van der Waals surface area contributed by atoms with Crippen LogP contribution in [0.25, 0.3) is 0 Å². The van der Waals surface area contributed by atoms with Crippen molar-refractivity contribution in [3.05, 3.63) is 29.8 Å². The second-order valence-corrected chi connectivity index (χ2v) is 4.65. The van der Waals surface area contributed by atoms with Crippen molar-refractivity contribution < 1.29 is 9.84 Å². The Balaban J connectivity index is 2.30. The van der Waals surface area contributed by atoms with Crippen LogP contribution in [0.2, 0.25) is 0 Å². The van der Waals surface area contributed by atoms with E-state index in [2.05, 4.69) is 18.2 Å². The normalized spacial score (nSPS) is 13.6. The summed E-state index contributed by atoms with van der Waals surface area (Å²) in [5, 5.41) is 13.1. The van der Waals surface area contributed by atoms with Gasteiger partial charge in [0.1, 0.15) is 18.5 Å². The van der Waals surface area contributed by atoms with Gasteiger partial charge in [-0.3, -0.25) is 0 Å². The molecule has 0 spiro atoms. The first-order chi connectivity index (χ1) is 9.17. The molecule has 19 heavy (non-hydrogen) atoms. The van der Waals surface area contributed by atoms with Crippen molar-refractivity contribution >= 4 is 0 Å². The number of benzene rings is 1. The van der Waals surface area contributed by atoms with E-state index >= 15 is 0 Å². The van der Waals surface area contributed by atoms with Crippen molar-refractivity contribution in [1.29, 1.82) is 0 Å². The molecule has 1 rings (SSSR count). The molecule has 2 unspecified atom stereocenters. The number of hydrogen-bond acceptors (Lipinski definition) is 3. The molecule has 0 saturated heterocycles. The van der Waals surface area contributed by atoms with Gasteiger partial charge in [-0.15, -0.1) is 12.3 Å². The second kappa shape index (κ2) is 8.58. The van der Waals surface area contributed by atoms with E-state index < -0.39 is 6.10 Å². The third kappa shape index (κ3) is 5.78. The lowest BCUT2D eigenvalue weighted by Gasteiger charge is -2.18. The molecular formula is C16H23NO2. The molecule has 0 aliphatic heterocycles. The predicted molar refractivity (Wildman–Crippen MR) is 78.2 cm³/mol. The van der Waals surface area contributed by atoms with E-state index in [1.165, 1.54) is 0 Å². The third-order valence-corrected chi connectivity index (χ3v) is 3.02. The maximum absolute atomic E-state index is 9.87. The van der Waals surface area contributed by atoms with Crippen LogP contribution in [0.3, 0.4) is 0 Å². The van der Waals surface area contributed by atoms with Crippen LogP contribution in [0.4, 0.5) is 0 Å². The molecule has 0 heterocycles. The Bertz CT molecular complexity index is 411. The summed E-state index contributed by atoms with van der Waals surface area (Å²) in [5.41, 5.74) is 1.07. The van der Waals surface area contributed by atoms with Gasteiger partial charge in [-0.25, -0.2) is 0 Å². The van der Waals surface area contributed by atoms with E-state index in [1.807, 2.05) is 31.2 Å². The first kappa shape index (κ1) is 15.6. The van der Waals surface area contributed by atoms with E-state index in [1.54, 1.807) is 0 Å². The third-order valence-electron chi connectivity index (χ3n) is 3.02. The lowest BCUT2D eigenvalue weighted by Crippen LogP contribution is -2.37. The topological polar surface area (TPSA) is 41.5 Å². The average molecular weight is 261 g/mol. The van der Waals surface area contributed by atoms with Gasteiger partial charge in [0.25, 0.3) is 0 Å². The number of para-hydroxylation sites is 1. The highest BCUT2D eigenvalue weighted by Crippen LogP contribution is 2.16. The molecule has 3 heteroatoms. The minimum atomic E-state index is -0.536. The summed E-state index contributed by atoms with van der Waals surface area (Å²) in [5.74, 6) is 3.45. The maximum atomic E-state index is 9.87. The first-order valence-electron chi connectivity index (χ1n) is 6.70. The minimum absolute atomic E-state index is 0.262. The maximum Gasteiger partial charge on any atom is 0.122 e. The van der Waals surface area contributed by atoms with Gasteiger partial charge in [0, 0.05) is 19.0 Å². The Labute approximate surface area is 116 Å². The van der Waals surface area contributed by atoms with Crippen LogP contribution in [0.5, 0.6) is 5.75 Å². The zero-order chi connectivity index (χ0) is 14.1. The van der Waals surface area contributed by atoms with Crippen LogP contribution in [0.1, 0.15) is 25.3 Å². The number of rotatable bonds is 8. The molecule has 3 nitrogen and oxygen atoms in total. The molecule has 0 aromatic heterocycles. The van der Waals surface area contributed by atoms with E-state index in [0.717, 1.165) is 17.7 Å². The Morgan fingerprint density at radius 1 is 1.42 bits per heavy atom. The van der Waals surface area contributed by atoms with Gasteiger partial charge in [0.2, 0.25) is 0 Å². The van der Waals surface area contributed by atoms with E-state index in [9.17, 15) is 5.11 Å². The van der Waals surface area contributed by atoms with Crippen LogP contribution in [-0.2, 0) is 0 Å². The molecule has 0 aliphatic carbocycles. The molecule has 0 aliphatic rings. The quantitative estimate of drug-likeness (QED) is 0.704. The van der Waals surface area contributed by atoms with E-state index in [4.69, 9.17) is 11.2 Å². The number of ether oxygens (including phenoxy) is 1. The lowest BCUT2D eigenvalue weighted by atomic mass is 10.1. The van der Waals surface area contributed by atoms with Gasteiger partial charge in [-0.1, -0.05) is 25.1 Å². The molecule has 2 atom stereocenters. The summed E-state index contributed by atoms with van der Waals surface area (Å²) in [7, 11) is 0. The Kier molecular flexibility index (Phi) is 7.02. The zero-order valence-electron chi connectivity index (χ0n) is 11.7. The smallest absolute Gasteiger partial charge is 0.122 e. The van der Waals surface area contributed by atoms with Crippen molar-refractivity contribution in [2.75, 3.05) is 13.2 Å². The molecule has 0 amide bonds. The largest absolute Gasteiger partial charge is 0.491 e. The summed E-state index contributed by atoms with van der Waals surface area (Å²) in [6.45, 7) is 4.83. The monoisotopic (exact) mass is 261 g/mol. The van der Waals surface area contributed by atoms with Crippen LogP contribution >= 0.6 is 0 Å². The van der Waals surface area contributed by atoms with Crippen LogP contribution in [0, 0.1) is 19.3 Å². The van der Waals surface area contributed by atoms with Crippen molar-refractivity contribution in [3.8, 4) is 18.1 Å². The minimum Gasteiger partial charge on any atom is -0.491 e. The number of aliphatic hydroxyl groups excluding tert-OH is 1. The van der Waals surface area contributed by atoms with Crippen molar-refractivity contribution in [1.82, 2.24) is 5.32 Å². The van der Waals surface area contributed by atoms with Crippen LogP contribution < -0.4 is 10.1 Å². The van der Waals surface area contributed by atoms with Gasteiger partial charge >= 0.3 is 0 Å². The van der Waals surface area contributed by atoms with Gasteiger partial charge in [0.05, 0.1) is 0 Å². The fraction of sp³-hybridized carbons (Fsp3) is 0.500. The molecule has 0 saturated carbocycles. The van der Waals surface area contributed by atoms with Gasteiger partial charge in [-0.2, -0.15) is 0 Å². The van der Waals surface area contributed by atoms with Gasteiger partial charge in [0.15, 0.2) is 0 Å². The molecule has 2 N–H and O–H groups in total. The fourth-order valence-electron chi connectivity index (χ4n) is 1.77. The average Bonchev–Trinajstić information content (AvgIpc) is 2.42. The summed E-state index contributed by atoms with van der Waals surface area (Å²) in [6.07, 6.45) is 6.39. The number of hydrogen-bond donors (Lipinski definition) is 2. The van der Waals surface area contributed by atoms with Gasteiger partial charge in [-0.05, 0) is 25.0 Å². The van der Waals surface area contributed by atoms with Crippen LogP contribution in [0.15, 0.2) is 24.3 Å². The standard InChI is InChI=1S/C16H23NO2/c1-4-8-14(5-2)17-11-15(18)12-19-16-10-7-6-9-13(16)3/h1,6-7,9-10,14-15,17-18H,5,8,11-12H2,2-3H3. The number of aryl methyl sites for hydroxylation is 1. The SMILES string of the molecule is C#CCC(CC)NCC(O)COc1ccccc1C. The molecular weight excluding hydrogens is 238 g/mol. The second-order valence-electron chi connectivity index (χ2n) is 4.65. The number of nitrogens with one attached hydrogen (secondary N) is 1. The highest BCUT2D eigenvalue weighted by atomic mass is 16.5. The fourth-order valence-corrected chi connectivity index (χ4v) is 1.77. The summed E-state index contributed by atoms with van der Waals surface area (Å²) >= 11 is 0. The molecule has 0 radical (unpaired) electrons. The highest BCUT2D eigenvalue weighted by Gasteiger charge is 2.09. The van der Waals surface area contributed by atoms with Crippen molar-refractivity contribution in [2.45, 2.75) is 38.8 Å². The van der Waals surface area contributed by atoms with Crippen LogP contribution in [-0.4, -0.2) is 30.4 Å². The summed E-state index contributed by atoms with van der Waals surface area (Å²) in [4.78, 5) is 0. The summed E-state index contributed by atoms with van der Waals surface area (Å²) < 4.78 is 5.59. The Morgan fingerprint density at radius 2 is 2.16 bits per heavy atom. The zero-order valence-corrected chi connectivity index (χ0v) is 11.7. The Morgan fingerprint density at radius 3 is 2.79 bits per heavy atom. The van der Waals surface area contributed by atoms with Gasteiger partial charge < -0.3 is 15.2 Å². The van der Waals surface area contributed by atoms with E-state index in [0.29, 0.717) is 13.0 Å². The number of terminal acetylenes is 1. The molecule has 0 bridgehead atoms. The Hall–Kier alpha value is -1.50. The molecule has 104 valence electrons. The number of aliphatic hydroxyl groups is 1. The molecule has 0 fully saturated rings. The van der Waals surface area contributed by atoms with Crippen molar-refractivity contribution in [3.63, 3.8) is 0 Å². The van der Waals surface area contributed by atoms with Crippen molar-refractivity contribution in [2.24, 2.45) is 0 Å². The summed E-state index contributed by atoms with van der Waals surface area (Å²) in [6, 6.07) is 8.04. The molecule has 1 aromatic carbocycles. The predicted octanol–water partition coefficient (Wildman–Crippen LogP) is 2.13. The molecule has 1 aromatic rings. The van der Waals surface area contributed by atoms with E-state index in [-0.39, 0.29) is 12.6 Å². The lowest BCUT2D eigenvalue weighted by molar-refractivity contribution is 0.103. The highest BCUT2D eigenvalue weighted by molar-refractivity contribution is 5.31.